The lowest BCUT2D eigenvalue weighted by Gasteiger charge is -2.18. The molecule has 0 fully saturated rings. The average molecular weight is 232 g/mol. The molecule has 1 aromatic rings. The highest BCUT2D eigenvalue weighted by molar-refractivity contribution is 5.68. The molecule has 0 unspecified atom stereocenters. The highest BCUT2D eigenvalue weighted by Gasteiger charge is 2.14. The lowest BCUT2D eigenvalue weighted by molar-refractivity contribution is 0.0535. The number of pyridine rings is 1. The maximum absolute atomic E-state index is 11.3. The zero-order valence-corrected chi connectivity index (χ0v) is 10.3. The van der Waals surface area contributed by atoms with Crippen LogP contribution in [-0.4, -0.2) is 23.2 Å². The Hall–Kier alpha value is -2.02. The minimum Gasteiger partial charge on any atom is -0.444 e. The molecule has 0 aliphatic carbocycles. The van der Waals surface area contributed by atoms with Gasteiger partial charge in [0.15, 0.2) is 0 Å². The maximum Gasteiger partial charge on any atom is 0.408 e. The van der Waals surface area contributed by atoms with Crippen LogP contribution in [0.15, 0.2) is 24.4 Å². The van der Waals surface area contributed by atoms with Gasteiger partial charge in [-0.15, -0.1) is 0 Å². The number of nitrogens with zero attached hydrogens (tertiary/aromatic N) is 1. The molecule has 17 heavy (non-hydrogen) atoms. The SMILES string of the molecule is CC(C)(C)OC(=O)NCC#Cc1ccccn1. The highest BCUT2D eigenvalue weighted by atomic mass is 16.6. The number of amides is 1. The molecule has 4 heteroatoms. The molecule has 0 aliphatic heterocycles. The van der Waals surface area contributed by atoms with E-state index in [1.165, 1.54) is 0 Å². The Balaban J connectivity index is 2.34. The second-order valence-electron chi connectivity index (χ2n) is 4.37. The highest BCUT2D eigenvalue weighted by Crippen LogP contribution is 2.05. The van der Waals surface area contributed by atoms with E-state index in [2.05, 4.69) is 22.1 Å². The first-order chi connectivity index (χ1) is 7.97. The van der Waals surface area contributed by atoms with E-state index in [1.54, 1.807) is 12.3 Å². The van der Waals surface area contributed by atoms with Gasteiger partial charge in [0.05, 0.1) is 6.54 Å². The number of carbonyl (C=O) groups is 1. The fourth-order valence-electron chi connectivity index (χ4n) is 1.00. The van der Waals surface area contributed by atoms with Gasteiger partial charge in [-0.05, 0) is 38.8 Å². The molecule has 0 bridgehead atoms. The average Bonchev–Trinajstić information content (AvgIpc) is 2.23. The fourth-order valence-corrected chi connectivity index (χ4v) is 1.00. The molecular formula is C13H16N2O2. The van der Waals surface area contributed by atoms with Crippen molar-refractivity contribution in [2.24, 2.45) is 0 Å². The Morgan fingerprint density at radius 3 is 2.82 bits per heavy atom. The van der Waals surface area contributed by atoms with Crippen LogP contribution in [0.5, 0.6) is 0 Å². The summed E-state index contributed by atoms with van der Waals surface area (Å²) in [4.78, 5) is 15.3. The molecule has 4 nitrogen and oxygen atoms in total. The van der Waals surface area contributed by atoms with Gasteiger partial charge in [-0.1, -0.05) is 12.0 Å². The molecule has 1 rings (SSSR count). The Morgan fingerprint density at radius 1 is 1.47 bits per heavy atom. The summed E-state index contributed by atoms with van der Waals surface area (Å²) in [5, 5.41) is 2.55. The van der Waals surface area contributed by atoms with Crippen molar-refractivity contribution in [1.29, 1.82) is 0 Å². The first-order valence-corrected chi connectivity index (χ1v) is 5.34. The van der Waals surface area contributed by atoms with Crippen molar-refractivity contribution in [3.05, 3.63) is 30.1 Å². The lowest BCUT2D eigenvalue weighted by Crippen LogP contribution is -2.32. The third kappa shape index (κ3) is 6.21. The van der Waals surface area contributed by atoms with E-state index in [0.717, 1.165) is 0 Å². The van der Waals surface area contributed by atoms with Crippen LogP contribution in [0.25, 0.3) is 0 Å². The van der Waals surface area contributed by atoms with Crippen LogP contribution < -0.4 is 5.32 Å². The summed E-state index contributed by atoms with van der Waals surface area (Å²) in [6.45, 7) is 5.68. The third-order valence-corrected chi connectivity index (χ3v) is 1.60. The van der Waals surface area contributed by atoms with Crippen LogP contribution in [0, 0.1) is 11.8 Å². The topological polar surface area (TPSA) is 51.2 Å². The Bertz CT molecular complexity index is 424. The summed E-state index contributed by atoms with van der Waals surface area (Å²) in [5.74, 6) is 5.63. The van der Waals surface area contributed by atoms with E-state index in [1.807, 2.05) is 32.9 Å². The van der Waals surface area contributed by atoms with Crippen LogP contribution in [0.1, 0.15) is 26.5 Å². The van der Waals surface area contributed by atoms with Crippen molar-refractivity contribution in [2.45, 2.75) is 26.4 Å². The Morgan fingerprint density at radius 2 is 2.24 bits per heavy atom. The zero-order valence-electron chi connectivity index (χ0n) is 10.3. The molecule has 0 spiro atoms. The first-order valence-electron chi connectivity index (χ1n) is 5.34. The predicted octanol–water partition coefficient (Wildman–Crippen LogP) is 1.96. The number of hydrogen-bond acceptors (Lipinski definition) is 3. The van der Waals surface area contributed by atoms with Crippen molar-refractivity contribution in [3.63, 3.8) is 0 Å². The molecule has 0 radical (unpaired) electrons. The molecule has 90 valence electrons. The van der Waals surface area contributed by atoms with Gasteiger partial charge < -0.3 is 10.1 Å². The molecule has 0 saturated heterocycles. The van der Waals surface area contributed by atoms with Gasteiger partial charge in [0.25, 0.3) is 0 Å². The number of carbonyl (C=O) groups excluding carboxylic acids is 1. The smallest absolute Gasteiger partial charge is 0.408 e. The molecule has 1 heterocycles. The number of nitrogens with one attached hydrogen (secondary N) is 1. The Kier molecular flexibility index (Phi) is 4.53. The normalized spacial score (nSPS) is 10.1. The van der Waals surface area contributed by atoms with Crippen LogP contribution in [0.3, 0.4) is 0 Å². The lowest BCUT2D eigenvalue weighted by atomic mass is 10.2. The van der Waals surface area contributed by atoms with Crippen molar-refractivity contribution in [3.8, 4) is 11.8 Å². The zero-order chi connectivity index (χ0) is 12.7. The molecule has 0 atom stereocenters. The molecule has 0 aliphatic rings. The summed E-state index contributed by atoms with van der Waals surface area (Å²) in [6.07, 6.45) is 1.21. The number of rotatable bonds is 1. The van der Waals surface area contributed by atoms with E-state index in [0.29, 0.717) is 5.69 Å². The molecule has 1 amide bonds. The van der Waals surface area contributed by atoms with Gasteiger partial charge in [0.1, 0.15) is 11.3 Å². The minimum atomic E-state index is -0.488. The molecular weight excluding hydrogens is 216 g/mol. The van der Waals surface area contributed by atoms with Crippen LogP contribution in [0.4, 0.5) is 4.79 Å². The van der Waals surface area contributed by atoms with Gasteiger partial charge >= 0.3 is 6.09 Å². The van der Waals surface area contributed by atoms with E-state index in [-0.39, 0.29) is 6.54 Å². The fraction of sp³-hybridized carbons (Fsp3) is 0.385. The molecule has 1 aromatic heterocycles. The van der Waals surface area contributed by atoms with Crippen molar-refractivity contribution >= 4 is 6.09 Å². The third-order valence-electron chi connectivity index (χ3n) is 1.60. The van der Waals surface area contributed by atoms with Crippen molar-refractivity contribution in [2.75, 3.05) is 6.54 Å². The van der Waals surface area contributed by atoms with Crippen LogP contribution in [0.2, 0.25) is 0 Å². The van der Waals surface area contributed by atoms with Crippen molar-refractivity contribution in [1.82, 2.24) is 10.3 Å². The number of aromatic nitrogens is 1. The largest absolute Gasteiger partial charge is 0.444 e. The van der Waals surface area contributed by atoms with E-state index >= 15 is 0 Å². The van der Waals surface area contributed by atoms with E-state index in [9.17, 15) is 4.79 Å². The van der Waals surface area contributed by atoms with Gasteiger partial charge in [0, 0.05) is 6.20 Å². The Labute approximate surface area is 101 Å². The van der Waals surface area contributed by atoms with Gasteiger partial charge in [-0.25, -0.2) is 9.78 Å². The first kappa shape index (κ1) is 13.0. The number of hydrogen-bond donors (Lipinski definition) is 1. The van der Waals surface area contributed by atoms with Crippen molar-refractivity contribution < 1.29 is 9.53 Å². The molecule has 0 saturated carbocycles. The van der Waals surface area contributed by atoms with E-state index in [4.69, 9.17) is 4.74 Å². The maximum atomic E-state index is 11.3. The second-order valence-corrected chi connectivity index (χ2v) is 4.37. The summed E-state index contributed by atoms with van der Waals surface area (Å²) in [7, 11) is 0. The number of alkyl carbamates (subject to hydrolysis) is 1. The predicted molar refractivity (Wildman–Crippen MR) is 65.4 cm³/mol. The van der Waals surface area contributed by atoms with Gasteiger partial charge in [0.2, 0.25) is 0 Å². The summed E-state index contributed by atoms with van der Waals surface area (Å²) in [6, 6.07) is 5.49. The number of ether oxygens (including phenoxy) is 1. The molecule has 0 aromatic carbocycles. The second kappa shape index (κ2) is 5.90. The van der Waals surface area contributed by atoms with Crippen LogP contribution >= 0.6 is 0 Å². The van der Waals surface area contributed by atoms with Gasteiger partial charge in [-0.3, -0.25) is 0 Å². The summed E-state index contributed by atoms with van der Waals surface area (Å²) < 4.78 is 5.06. The quantitative estimate of drug-likeness (QED) is 0.753. The van der Waals surface area contributed by atoms with Crippen LogP contribution in [-0.2, 0) is 4.74 Å². The summed E-state index contributed by atoms with van der Waals surface area (Å²) in [5.41, 5.74) is 0.192. The monoisotopic (exact) mass is 232 g/mol. The molecule has 1 N–H and O–H groups in total. The minimum absolute atomic E-state index is 0.242. The van der Waals surface area contributed by atoms with E-state index < -0.39 is 11.7 Å². The summed E-state index contributed by atoms with van der Waals surface area (Å²) >= 11 is 0. The standard InChI is InChI=1S/C13H16N2O2/c1-13(2,3)17-12(16)15-10-6-8-11-7-4-5-9-14-11/h4-5,7,9H,10H2,1-3H3,(H,15,16). The van der Waals surface area contributed by atoms with Gasteiger partial charge in [-0.2, -0.15) is 0 Å².